The van der Waals surface area contributed by atoms with Crippen LogP contribution in [-0.2, 0) is 0 Å². The Morgan fingerprint density at radius 3 is 2.93 bits per heavy atom. The van der Waals surface area contributed by atoms with E-state index < -0.39 is 0 Å². The average Bonchev–Trinajstić information content (AvgIpc) is 2.43. The topological polar surface area (TPSA) is 20.2 Å². The molecule has 1 N–H and O–H groups in total. The fourth-order valence-corrected chi connectivity index (χ4v) is 2.15. The van der Waals surface area contributed by atoms with Crippen molar-refractivity contribution in [1.29, 1.82) is 0 Å². The van der Waals surface area contributed by atoms with Crippen LogP contribution in [0.5, 0.6) is 0 Å². The van der Waals surface area contributed by atoms with Crippen LogP contribution >= 0.6 is 0 Å². The van der Waals surface area contributed by atoms with Crippen LogP contribution in [0.15, 0.2) is 30.3 Å². The summed E-state index contributed by atoms with van der Waals surface area (Å²) in [6, 6.07) is 8.53. The van der Waals surface area contributed by atoms with Crippen molar-refractivity contribution in [3.8, 4) is 0 Å². The fourth-order valence-electron chi connectivity index (χ4n) is 2.15. The molecule has 0 spiro atoms. The molecule has 0 saturated heterocycles. The standard InChI is InChI=1S/C14H18O/c1-11-5-4-7-12(9-11)13-6-2-3-8-14(15)10-13/h4-5,7,9-10,14-15H,2-3,6,8H2,1H3. The zero-order chi connectivity index (χ0) is 10.7. The molecule has 0 aromatic heterocycles. The van der Waals surface area contributed by atoms with E-state index in [4.69, 9.17) is 0 Å². The van der Waals surface area contributed by atoms with E-state index in [0.717, 1.165) is 19.3 Å². The minimum absolute atomic E-state index is 0.247. The monoisotopic (exact) mass is 202 g/mol. The smallest absolute Gasteiger partial charge is 0.0726 e. The maximum Gasteiger partial charge on any atom is 0.0726 e. The number of rotatable bonds is 1. The van der Waals surface area contributed by atoms with Gasteiger partial charge in [-0.25, -0.2) is 0 Å². The van der Waals surface area contributed by atoms with Crippen LogP contribution in [0, 0.1) is 6.92 Å². The van der Waals surface area contributed by atoms with Crippen LogP contribution in [0.4, 0.5) is 0 Å². The van der Waals surface area contributed by atoms with Gasteiger partial charge in [0.1, 0.15) is 0 Å². The molecule has 1 heteroatoms. The van der Waals surface area contributed by atoms with Gasteiger partial charge in [-0.3, -0.25) is 0 Å². The minimum atomic E-state index is -0.247. The van der Waals surface area contributed by atoms with Crippen LogP contribution in [0.1, 0.15) is 36.8 Å². The molecule has 0 aliphatic heterocycles. The summed E-state index contributed by atoms with van der Waals surface area (Å²) in [6.45, 7) is 2.11. The molecule has 1 nitrogen and oxygen atoms in total. The molecule has 80 valence electrons. The number of hydrogen-bond acceptors (Lipinski definition) is 1. The van der Waals surface area contributed by atoms with Gasteiger partial charge in [-0.2, -0.15) is 0 Å². The Morgan fingerprint density at radius 1 is 1.27 bits per heavy atom. The molecule has 1 aliphatic rings. The van der Waals surface area contributed by atoms with E-state index in [1.807, 2.05) is 6.08 Å². The van der Waals surface area contributed by atoms with Gasteiger partial charge in [0.25, 0.3) is 0 Å². The molecule has 1 aromatic rings. The Balaban J connectivity index is 2.28. The third-order valence-electron chi connectivity index (χ3n) is 2.98. The lowest BCUT2D eigenvalue weighted by Gasteiger charge is -2.07. The predicted molar refractivity (Wildman–Crippen MR) is 63.6 cm³/mol. The van der Waals surface area contributed by atoms with Gasteiger partial charge in [0.2, 0.25) is 0 Å². The lowest BCUT2D eigenvalue weighted by atomic mass is 9.99. The second-order valence-corrected chi connectivity index (χ2v) is 4.37. The van der Waals surface area contributed by atoms with Crippen LogP contribution in [0.25, 0.3) is 5.57 Å². The number of hydrogen-bond donors (Lipinski definition) is 1. The van der Waals surface area contributed by atoms with Gasteiger partial charge < -0.3 is 5.11 Å². The molecular weight excluding hydrogens is 184 g/mol. The maximum atomic E-state index is 9.71. The molecule has 0 radical (unpaired) electrons. The number of aryl methyl sites for hydroxylation is 1. The van der Waals surface area contributed by atoms with Gasteiger partial charge in [0.15, 0.2) is 0 Å². The summed E-state index contributed by atoms with van der Waals surface area (Å²) in [4.78, 5) is 0. The van der Waals surface area contributed by atoms with Crippen molar-refractivity contribution < 1.29 is 5.11 Å². The van der Waals surface area contributed by atoms with Gasteiger partial charge in [-0.1, -0.05) is 42.3 Å². The highest BCUT2D eigenvalue weighted by Crippen LogP contribution is 2.26. The van der Waals surface area contributed by atoms with Crippen LogP contribution in [0.2, 0.25) is 0 Å². The molecule has 0 heterocycles. The van der Waals surface area contributed by atoms with Crippen molar-refractivity contribution in [3.63, 3.8) is 0 Å². The lowest BCUT2D eigenvalue weighted by Crippen LogP contribution is -2.00. The summed E-state index contributed by atoms with van der Waals surface area (Å²) in [5, 5.41) is 9.71. The highest BCUT2D eigenvalue weighted by molar-refractivity contribution is 5.66. The van der Waals surface area contributed by atoms with Crippen molar-refractivity contribution in [3.05, 3.63) is 41.5 Å². The second kappa shape index (κ2) is 4.63. The zero-order valence-corrected chi connectivity index (χ0v) is 9.24. The van der Waals surface area contributed by atoms with Crippen molar-refractivity contribution in [2.45, 2.75) is 38.7 Å². The molecule has 1 unspecified atom stereocenters. The summed E-state index contributed by atoms with van der Waals surface area (Å²) in [6.07, 6.45) is 6.12. The first-order valence-corrected chi connectivity index (χ1v) is 5.71. The molecule has 0 bridgehead atoms. The largest absolute Gasteiger partial charge is 0.389 e. The lowest BCUT2D eigenvalue weighted by molar-refractivity contribution is 0.211. The Kier molecular flexibility index (Phi) is 3.22. The Bertz CT molecular complexity index is 365. The van der Waals surface area contributed by atoms with E-state index >= 15 is 0 Å². The summed E-state index contributed by atoms with van der Waals surface area (Å²) >= 11 is 0. The van der Waals surface area contributed by atoms with E-state index in [1.54, 1.807) is 0 Å². The molecule has 15 heavy (non-hydrogen) atoms. The van der Waals surface area contributed by atoms with Crippen molar-refractivity contribution in [1.82, 2.24) is 0 Å². The van der Waals surface area contributed by atoms with Crippen LogP contribution < -0.4 is 0 Å². The van der Waals surface area contributed by atoms with Gasteiger partial charge in [-0.05, 0) is 37.3 Å². The quantitative estimate of drug-likeness (QED) is 0.740. The first kappa shape index (κ1) is 10.4. The van der Waals surface area contributed by atoms with Gasteiger partial charge in [-0.15, -0.1) is 0 Å². The molecule has 1 aliphatic carbocycles. The maximum absolute atomic E-state index is 9.71. The molecule has 2 rings (SSSR count). The Labute approximate surface area is 91.4 Å². The number of benzene rings is 1. The molecule has 1 aromatic carbocycles. The third kappa shape index (κ3) is 2.69. The molecule has 0 fully saturated rings. The van der Waals surface area contributed by atoms with E-state index in [1.165, 1.54) is 23.1 Å². The van der Waals surface area contributed by atoms with Gasteiger partial charge in [0.05, 0.1) is 6.10 Å². The van der Waals surface area contributed by atoms with E-state index in [9.17, 15) is 5.11 Å². The molecular formula is C14H18O. The number of aliphatic hydroxyl groups excluding tert-OH is 1. The van der Waals surface area contributed by atoms with Crippen molar-refractivity contribution >= 4 is 5.57 Å². The van der Waals surface area contributed by atoms with Gasteiger partial charge >= 0.3 is 0 Å². The molecule has 0 saturated carbocycles. The number of allylic oxidation sites excluding steroid dienone is 1. The van der Waals surface area contributed by atoms with Crippen molar-refractivity contribution in [2.75, 3.05) is 0 Å². The molecule has 0 amide bonds. The van der Waals surface area contributed by atoms with E-state index in [2.05, 4.69) is 31.2 Å². The predicted octanol–water partition coefficient (Wildman–Crippen LogP) is 3.31. The van der Waals surface area contributed by atoms with Crippen molar-refractivity contribution in [2.24, 2.45) is 0 Å². The summed E-state index contributed by atoms with van der Waals surface area (Å²) in [7, 11) is 0. The van der Waals surface area contributed by atoms with E-state index in [0.29, 0.717) is 0 Å². The third-order valence-corrected chi connectivity index (χ3v) is 2.98. The Hall–Kier alpha value is -1.08. The summed E-state index contributed by atoms with van der Waals surface area (Å²) < 4.78 is 0. The normalized spacial score (nSPS) is 22.0. The zero-order valence-electron chi connectivity index (χ0n) is 9.24. The van der Waals surface area contributed by atoms with Crippen LogP contribution in [-0.4, -0.2) is 11.2 Å². The SMILES string of the molecule is Cc1cccc(C2=CC(O)CCCC2)c1. The van der Waals surface area contributed by atoms with Crippen LogP contribution in [0.3, 0.4) is 0 Å². The molecule has 1 atom stereocenters. The minimum Gasteiger partial charge on any atom is -0.389 e. The first-order valence-electron chi connectivity index (χ1n) is 5.71. The highest BCUT2D eigenvalue weighted by Gasteiger charge is 2.10. The first-order chi connectivity index (χ1) is 7.25. The average molecular weight is 202 g/mol. The summed E-state index contributed by atoms with van der Waals surface area (Å²) in [5.41, 5.74) is 3.87. The van der Waals surface area contributed by atoms with Gasteiger partial charge in [0, 0.05) is 0 Å². The second-order valence-electron chi connectivity index (χ2n) is 4.37. The Morgan fingerprint density at radius 2 is 2.13 bits per heavy atom. The van der Waals surface area contributed by atoms with E-state index in [-0.39, 0.29) is 6.10 Å². The fraction of sp³-hybridized carbons (Fsp3) is 0.429. The summed E-state index contributed by atoms with van der Waals surface area (Å²) in [5.74, 6) is 0. The highest BCUT2D eigenvalue weighted by atomic mass is 16.3. The number of aliphatic hydroxyl groups is 1.